The van der Waals surface area contributed by atoms with Gasteiger partial charge in [-0.2, -0.15) is 0 Å². The molecule has 1 atom stereocenters. The van der Waals surface area contributed by atoms with Crippen molar-refractivity contribution < 1.29 is 18.6 Å². The fraction of sp³-hybridized carbons (Fsp3) is 0.500. The van der Waals surface area contributed by atoms with E-state index in [9.17, 15) is 4.39 Å². The standard InChI is InChI=1S/C12H18FNO3/c1-15-8-6-10(16-2)12(9(14)4-5-13)11(7-8)17-3/h6-7,9H,4-5,14H2,1-3H3/t9-/m0/s1. The molecule has 17 heavy (non-hydrogen) atoms. The molecule has 1 aromatic rings. The van der Waals surface area contributed by atoms with Gasteiger partial charge in [0.05, 0.1) is 33.6 Å². The molecule has 0 aliphatic heterocycles. The van der Waals surface area contributed by atoms with Gasteiger partial charge >= 0.3 is 0 Å². The van der Waals surface area contributed by atoms with Crippen LogP contribution in [0.25, 0.3) is 0 Å². The number of alkyl halides is 1. The highest BCUT2D eigenvalue weighted by Gasteiger charge is 2.19. The summed E-state index contributed by atoms with van der Waals surface area (Å²) in [5.74, 6) is 1.69. The van der Waals surface area contributed by atoms with E-state index in [1.54, 1.807) is 19.2 Å². The van der Waals surface area contributed by atoms with Crippen molar-refractivity contribution in [1.29, 1.82) is 0 Å². The van der Waals surface area contributed by atoms with Crippen LogP contribution in [0.1, 0.15) is 18.0 Å². The maximum atomic E-state index is 12.4. The Morgan fingerprint density at radius 1 is 1.12 bits per heavy atom. The Morgan fingerprint density at radius 3 is 2.00 bits per heavy atom. The van der Waals surface area contributed by atoms with Crippen LogP contribution in [0, 0.1) is 0 Å². The molecule has 2 N–H and O–H groups in total. The highest BCUT2D eigenvalue weighted by Crippen LogP contribution is 2.38. The topological polar surface area (TPSA) is 53.7 Å². The van der Waals surface area contributed by atoms with Gasteiger partial charge in [0.25, 0.3) is 0 Å². The first-order valence-electron chi connectivity index (χ1n) is 5.29. The van der Waals surface area contributed by atoms with Crippen molar-refractivity contribution in [3.8, 4) is 17.2 Å². The molecule has 0 aromatic heterocycles. The molecule has 0 saturated carbocycles. The van der Waals surface area contributed by atoms with Crippen LogP contribution in [0.15, 0.2) is 12.1 Å². The molecule has 0 bridgehead atoms. The summed E-state index contributed by atoms with van der Waals surface area (Å²) in [5.41, 5.74) is 6.57. The van der Waals surface area contributed by atoms with Crippen LogP contribution in [0.5, 0.6) is 17.2 Å². The molecule has 0 unspecified atom stereocenters. The van der Waals surface area contributed by atoms with E-state index in [1.807, 2.05) is 0 Å². The summed E-state index contributed by atoms with van der Waals surface area (Å²) in [4.78, 5) is 0. The van der Waals surface area contributed by atoms with Gasteiger partial charge < -0.3 is 19.9 Å². The van der Waals surface area contributed by atoms with Crippen molar-refractivity contribution in [2.75, 3.05) is 28.0 Å². The van der Waals surface area contributed by atoms with Gasteiger partial charge in [-0.3, -0.25) is 4.39 Å². The minimum absolute atomic E-state index is 0.221. The smallest absolute Gasteiger partial charge is 0.131 e. The largest absolute Gasteiger partial charge is 0.496 e. The van der Waals surface area contributed by atoms with Crippen LogP contribution >= 0.6 is 0 Å². The molecule has 1 aromatic carbocycles. The molecule has 4 nitrogen and oxygen atoms in total. The summed E-state index contributed by atoms with van der Waals surface area (Å²) in [6.07, 6.45) is 0.221. The number of halogens is 1. The first kappa shape index (κ1) is 13.6. The van der Waals surface area contributed by atoms with E-state index >= 15 is 0 Å². The lowest BCUT2D eigenvalue weighted by Gasteiger charge is -2.19. The number of benzene rings is 1. The molecule has 1 rings (SSSR count). The van der Waals surface area contributed by atoms with Crippen LogP contribution in [0.4, 0.5) is 4.39 Å². The van der Waals surface area contributed by atoms with Crippen LogP contribution in [0.3, 0.4) is 0 Å². The molecule has 0 aliphatic carbocycles. The molecule has 0 heterocycles. The number of ether oxygens (including phenoxy) is 3. The normalized spacial score (nSPS) is 12.1. The lowest BCUT2D eigenvalue weighted by molar-refractivity contribution is 0.357. The predicted molar refractivity (Wildman–Crippen MR) is 63.6 cm³/mol. The average Bonchev–Trinajstić information content (AvgIpc) is 2.37. The van der Waals surface area contributed by atoms with Crippen LogP contribution < -0.4 is 19.9 Å². The SMILES string of the molecule is COc1cc(OC)c([C@@H](N)CCF)c(OC)c1. The van der Waals surface area contributed by atoms with Gasteiger partial charge in [0.1, 0.15) is 17.2 Å². The van der Waals surface area contributed by atoms with Gasteiger partial charge in [-0.15, -0.1) is 0 Å². The molecule has 0 radical (unpaired) electrons. The lowest BCUT2D eigenvalue weighted by Crippen LogP contribution is -2.14. The summed E-state index contributed by atoms with van der Waals surface area (Å²) in [5, 5.41) is 0. The molecule has 0 amide bonds. The molecule has 0 fully saturated rings. The van der Waals surface area contributed by atoms with Gasteiger partial charge in [-0.1, -0.05) is 0 Å². The summed E-state index contributed by atoms with van der Waals surface area (Å²) in [7, 11) is 4.61. The molecule has 5 heteroatoms. The number of hydrogen-bond donors (Lipinski definition) is 1. The Bertz CT molecular complexity index is 346. The highest BCUT2D eigenvalue weighted by atomic mass is 19.1. The monoisotopic (exact) mass is 243 g/mol. The zero-order chi connectivity index (χ0) is 12.8. The molecular formula is C12H18FNO3. The maximum absolute atomic E-state index is 12.4. The van der Waals surface area contributed by atoms with E-state index in [0.717, 1.165) is 0 Å². The Kier molecular flexibility index (Phi) is 5.03. The molecule has 0 aliphatic rings. The fourth-order valence-corrected chi connectivity index (χ4v) is 1.66. The zero-order valence-corrected chi connectivity index (χ0v) is 10.3. The van der Waals surface area contributed by atoms with Gasteiger partial charge in [-0.25, -0.2) is 0 Å². The summed E-state index contributed by atoms with van der Waals surface area (Å²) >= 11 is 0. The van der Waals surface area contributed by atoms with Crippen molar-refractivity contribution in [3.05, 3.63) is 17.7 Å². The van der Waals surface area contributed by atoms with Crippen LogP contribution in [-0.2, 0) is 0 Å². The Balaban J connectivity index is 3.23. The summed E-state index contributed by atoms with van der Waals surface area (Å²) in [6, 6.07) is 2.95. The second-order valence-electron chi connectivity index (χ2n) is 3.53. The second kappa shape index (κ2) is 6.30. The second-order valence-corrected chi connectivity index (χ2v) is 3.53. The lowest BCUT2D eigenvalue weighted by atomic mass is 10.0. The summed E-state index contributed by atoms with van der Waals surface area (Å²) < 4.78 is 27.9. The van der Waals surface area contributed by atoms with Crippen molar-refractivity contribution >= 4 is 0 Å². The van der Waals surface area contributed by atoms with E-state index in [-0.39, 0.29) is 6.42 Å². The van der Waals surface area contributed by atoms with Crippen LogP contribution in [-0.4, -0.2) is 28.0 Å². The quantitative estimate of drug-likeness (QED) is 0.831. The zero-order valence-electron chi connectivity index (χ0n) is 10.3. The molecule has 0 saturated heterocycles. The van der Waals surface area contributed by atoms with Gasteiger partial charge in [0, 0.05) is 18.2 Å². The third-order valence-corrected chi connectivity index (χ3v) is 2.54. The van der Waals surface area contributed by atoms with Crippen molar-refractivity contribution in [2.45, 2.75) is 12.5 Å². The fourth-order valence-electron chi connectivity index (χ4n) is 1.66. The Labute approximate surface area is 100 Å². The first-order valence-corrected chi connectivity index (χ1v) is 5.29. The van der Waals surface area contributed by atoms with Gasteiger partial charge in [-0.05, 0) is 6.42 Å². The van der Waals surface area contributed by atoms with E-state index in [2.05, 4.69) is 0 Å². The number of rotatable bonds is 6. The van der Waals surface area contributed by atoms with Gasteiger partial charge in [0.15, 0.2) is 0 Å². The number of methoxy groups -OCH3 is 3. The minimum atomic E-state index is -0.487. The van der Waals surface area contributed by atoms with Crippen molar-refractivity contribution in [3.63, 3.8) is 0 Å². The van der Waals surface area contributed by atoms with E-state index in [1.165, 1.54) is 14.2 Å². The van der Waals surface area contributed by atoms with Crippen LogP contribution in [0.2, 0.25) is 0 Å². The molecule has 0 spiro atoms. The van der Waals surface area contributed by atoms with E-state index < -0.39 is 12.7 Å². The number of nitrogens with two attached hydrogens (primary N) is 1. The van der Waals surface area contributed by atoms with Crippen molar-refractivity contribution in [2.24, 2.45) is 5.73 Å². The average molecular weight is 243 g/mol. The number of hydrogen-bond acceptors (Lipinski definition) is 4. The predicted octanol–water partition coefficient (Wildman–Crippen LogP) is 2.07. The Hall–Kier alpha value is -1.49. The van der Waals surface area contributed by atoms with Crippen molar-refractivity contribution in [1.82, 2.24) is 0 Å². The highest BCUT2D eigenvalue weighted by molar-refractivity contribution is 5.52. The maximum Gasteiger partial charge on any atom is 0.131 e. The third-order valence-electron chi connectivity index (χ3n) is 2.54. The third kappa shape index (κ3) is 3.00. The first-order chi connectivity index (χ1) is 8.17. The van der Waals surface area contributed by atoms with E-state index in [4.69, 9.17) is 19.9 Å². The molecule has 96 valence electrons. The molecular weight excluding hydrogens is 225 g/mol. The van der Waals surface area contributed by atoms with E-state index in [0.29, 0.717) is 22.8 Å². The Morgan fingerprint density at radius 2 is 1.65 bits per heavy atom. The minimum Gasteiger partial charge on any atom is -0.496 e. The summed E-state index contributed by atoms with van der Waals surface area (Å²) in [6.45, 7) is -0.487. The van der Waals surface area contributed by atoms with Gasteiger partial charge in [0.2, 0.25) is 0 Å².